The monoisotopic (exact) mass is 217 g/mol. The van der Waals surface area contributed by atoms with Gasteiger partial charge in [0.15, 0.2) is 4.73 Å². The van der Waals surface area contributed by atoms with E-state index in [9.17, 15) is 0 Å². The van der Waals surface area contributed by atoms with Gasteiger partial charge >= 0.3 is 0 Å². The number of imidazole rings is 1. The van der Waals surface area contributed by atoms with Gasteiger partial charge in [-0.2, -0.15) is 0 Å². The van der Waals surface area contributed by atoms with Gasteiger partial charge in [-0.15, -0.1) is 0 Å². The predicted molar refractivity (Wildman–Crippen MR) is 48.2 cm³/mol. The van der Waals surface area contributed by atoms with Crippen LogP contribution >= 0.6 is 15.9 Å². The van der Waals surface area contributed by atoms with Crippen molar-refractivity contribution < 1.29 is 0 Å². The van der Waals surface area contributed by atoms with Crippen molar-refractivity contribution in [2.75, 3.05) is 0 Å². The second-order valence-corrected chi connectivity index (χ2v) is 3.42. The molecule has 0 aromatic carbocycles. The Balaban J connectivity index is 2.97. The highest BCUT2D eigenvalue weighted by Gasteiger charge is 2.05. The molecule has 62 valence electrons. The highest BCUT2D eigenvalue weighted by Crippen LogP contribution is 2.15. The van der Waals surface area contributed by atoms with Crippen molar-refractivity contribution in [3.05, 3.63) is 16.6 Å². The van der Waals surface area contributed by atoms with E-state index in [2.05, 4.69) is 34.8 Å². The van der Waals surface area contributed by atoms with E-state index in [0.29, 0.717) is 12.6 Å². The van der Waals surface area contributed by atoms with Crippen LogP contribution in [-0.2, 0) is 6.54 Å². The van der Waals surface area contributed by atoms with Gasteiger partial charge in [0.05, 0.1) is 5.69 Å². The Morgan fingerprint density at radius 1 is 1.73 bits per heavy atom. The van der Waals surface area contributed by atoms with Gasteiger partial charge in [0.2, 0.25) is 0 Å². The van der Waals surface area contributed by atoms with E-state index in [0.717, 1.165) is 10.4 Å². The maximum Gasteiger partial charge on any atom is 0.177 e. The average molecular weight is 218 g/mol. The van der Waals surface area contributed by atoms with Gasteiger partial charge in [-0.05, 0) is 29.8 Å². The molecule has 0 saturated carbocycles. The van der Waals surface area contributed by atoms with E-state index < -0.39 is 0 Å². The van der Waals surface area contributed by atoms with Gasteiger partial charge in [0.25, 0.3) is 0 Å². The van der Waals surface area contributed by atoms with Gasteiger partial charge in [0.1, 0.15) is 0 Å². The molecule has 0 amide bonds. The zero-order chi connectivity index (χ0) is 8.43. The first-order chi connectivity index (χ1) is 5.15. The van der Waals surface area contributed by atoms with Crippen LogP contribution in [0.3, 0.4) is 0 Å². The topological polar surface area (TPSA) is 43.8 Å². The summed E-state index contributed by atoms with van der Waals surface area (Å²) in [6.45, 7) is 4.71. The Morgan fingerprint density at radius 3 is 2.64 bits per heavy atom. The first-order valence-electron chi connectivity index (χ1n) is 3.58. The van der Waals surface area contributed by atoms with Gasteiger partial charge in [0, 0.05) is 18.8 Å². The van der Waals surface area contributed by atoms with Crippen LogP contribution in [0.1, 0.15) is 25.6 Å². The van der Waals surface area contributed by atoms with Crippen molar-refractivity contribution >= 4 is 15.9 Å². The van der Waals surface area contributed by atoms with Crippen LogP contribution in [0.5, 0.6) is 0 Å². The molecule has 1 aromatic rings. The summed E-state index contributed by atoms with van der Waals surface area (Å²) in [5.41, 5.74) is 6.36. The van der Waals surface area contributed by atoms with Crippen LogP contribution in [0.15, 0.2) is 10.9 Å². The number of halogens is 1. The molecule has 0 fully saturated rings. The van der Waals surface area contributed by atoms with Gasteiger partial charge in [-0.3, -0.25) is 0 Å². The SMILES string of the molecule is CC(C)n1cc(CN)nc1Br. The summed E-state index contributed by atoms with van der Waals surface area (Å²) in [5, 5.41) is 0. The standard InChI is InChI=1S/C7H12BrN3/c1-5(2)11-4-6(3-9)10-7(11)8/h4-5H,3,9H2,1-2H3. The highest BCUT2D eigenvalue weighted by molar-refractivity contribution is 9.10. The lowest BCUT2D eigenvalue weighted by Crippen LogP contribution is -1.99. The minimum atomic E-state index is 0.428. The molecule has 0 bridgehead atoms. The summed E-state index contributed by atoms with van der Waals surface area (Å²) >= 11 is 3.35. The quantitative estimate of drug-likeness (QED) is 0.820. The van der Waals surface area contributed by atoms with E-state index in [1.54, 1.807) is 0 Å². The Kier molecular flexibility index (Phi) is 2.67. The molecule has 3 nitrogen and oxygen atoms in total. The normalized spacial score (nSPS) is 11.0. The maximum atomic E-state index is 5.44. The molecule has 0 saturated heterocycles. The molecular formula is C7H12BrN3. The predicted octanol–water partition coefficient (Wildman–Crippen LogP) is 1.69. The smallest absolute Gasteiger partial charge is 0.177 e. The summed E-state index contributed by atoms with van der Waals surface area (Å²) in [7, 11) is 0. The number of nitrogens with zero attached hydrogens (tertiary/aromatic N) is 2. The summed E-state index contributed by atoms with van der Waals surface area (Å²) in [4.78, 5) is 4.20. The molecule has 0 aliphatic rings. The average Bonchev–Trinajstić information content (AvgIpc) is 2.30. The number of nitrogens with two attached hydrogens (primary N) is 1. The van der Waals surface area contributed by atoms with Crippen LogP contribution in [-0.4, -0.2) is 9.55 Å². The van der Waals surface area contributed by atoms with E-state index in [1.165, 1.54) is 0 Å². The third kappa shape index (κ3) is 1.81. The molecular weight excluding hydrogens is 206 g/mol. The molecule has 0 atom stereocenters. The Labute approximate surface area is 74.7 Å². The molecule has 1 rings (SSSR count). The number of hydrogen-bond donors (Lipinski definition) is 1. The largest absolute Gasteiger partial charge is 0.325 e. The molecule has 1 aromatic heterocycles. The molecule has 0 unspecified atom stereocenters. The minimum Gasteiger partial charge on any atom is -0.325 e. The van der Waals surface area contributed by atoms with E-state index >= 15 is 0 Å². The lowest BCUT2D eigenvalue weighted by molar-refractivity contribution is 0.586. The summed E-state index contributed by atoms with van der Waals surface area (Å²) in [6.07, 6.45) is 1.97. The van der Waals surface area contributed by atoms with E-state index in [4.69, 9.17) is 5.73 Å². The molecule has 0 aliphatic heterocycles. The van der Waals surface area contributed by atoms with Gasteiger partial charge in [-0.25, -0.2) is 4.98 Å². The van der Waals surface area contributed by atoms with Crippen molar-refractivity contribution in [3.63, 3.8) is 0 Å². The number of hydrogen-bond acceptors (Lipinski definition) is 2. The summed E-state index contributed by atoms with van der Waals surface area (Å²) < 4.78 is 2.90. The molecule has 0 spiro atoms. The zero-order valence-corrected chi connectivity index (χ0v) is 8.30. The maximum absolute atomic E-state index is 5.44. The number of aromatic nitrogens is 2. The Bertz CT molecular complexity index is 242. The molecule has 0 radical (unpaired) electrons. The summed E-state index contributed by atoms with van der Waals surface area (Å²) in [5.74, 6) is 0. The van der Waals surface area contributed by atoms with Crippen molar-refractivity contribution in [3.8, 4) is 0 Å². The fourth-order valence-corrected chi connectivity index (χ4v) is 1.62. The molecule has 2 N–H and O–H groups in total. The minimum absolute atomic E-state index is 0.428. The molecule has 1 heterocycles. The van der Waals surface area contributed by atoms with Crippen LogP contribution in [0.4, 0.5) is 0 Å². The van der Waals surface area contributed by atoms with Gasteiger partial charge in [-0.1, -0.05) is 0 Å². The highest BCUT2D eigenvalue weighted by atomic mass is 79.9. The van der Waals surface area contributed by atoms with Gasteiger partial charge < -0.3 is 10.3 Å². The van der Waals surface area contributed by atoms with Crippen LogP contribution in [0.2, 0.25) is 0 Å². The van der Waals surface area contributed by atoms with Crippen molar-refractivity contribution in [1.82, 2.24) is 9.55 Å². The fourth-order valence-electron chi connectivity index (χ4n) is 0.879. The molecule has 11 heavy (non-hydrogen) atoms. The summed E-state index contributed by atoms with van der Waals surface area (Å²) in [6, 6.07) is 0.428. The fraction of sp³-hybridized carbons (Fsp3) is 0.571. The number of rotatable bonds is 2. The second-order valence-electron chi connectivity index (χ2n) is 2.71. The van der Waals surface area contributed by atoms with E-state index in [-0.39, 0.29) is 0 Å². The van der Waals surface area contributed by atoms with Crippen molar-refractivity contribution in [1.29, 1.82) is 0 Å². The van der Waals surface area contributed by atoms with Crippen LogP contribution < -0.4 is 5.73 Å². The van der Waals surface area contributed by atoms with Crippen LogP contribution in [0.25, 0.3) is 0 Å². The zero-order valence-electron chi connectivity index (χ0n) is 6.71. The first kappa shape index (κ1) is 8.74. The lowest BCUT2D eigenvalue weighted by Gasteiger charge is -2.06. The second kappa shape index (κ2) is 3.36. The van der Waals surface area contributed by atoms with Crippen molar-refractivity contribution in [2.45, 2.75) is 26.4 Å². The third-order valence-corrected chi connectivity index (χ3v) is 2.09. The Hall–Kier alpha value is -0.350. The molecule has 0 aliphatic carbocycles. The lowest BCUT2D eigenvalue weighted by atomic mass is 10.4. The van der Waals surface area contributed by atoms with Crippen molar-refractivity contribution in [2.24, 2.45) is 5.73 Å². The van der Waals surface area contributed by atoms with Crippen LogP contribution in [0, 0.1) is 0 Å². The van der Waals surface area contributed by atoms with E-state index in [1.807, 2.05) is 10.8 Å². The Morgan fingerprint density at radius 2 is 2.36 bits per heavy atom. The first-order valence-corrected chi connectivity index (χ1v) is 4.37. The molecule has 4 heteroatoms. The third-order valence-electron chi connectivity index (χ3n) is 1.50.